The summed E-state index contributed by atoms with van der Waals surface area (Å²) in [6.45, 7) is 0.920. The van der Waals surface area contributed by atoms with Crippen LogP contribution in [-0.2, 0) is 0 Å². The maximum atomic E-state index is 13.2. The predicted molar refractivity (Wildman–Crippen MR) is 118 cm³/mol. The number of rotatable bonds is 3. The first-order chi connectivity index (χ1) is 14.6. The minimum absolute atomic E-state index is 0.0208. The molecule has 8 heteroatoms. The van der Waals surface area contributed by atoms with Crippen LogP contribution < -0.4 is 20.0 Å². The maximum Gasteiger partial charge on any atom is 0.330 e. The Bertz CT molecular complexity index is 1090. The molecule has 5 rings (SSSR count). The average molecular weight is 401 g/mol. The molecule has 1 saturated heterocycles. The van der Waals surface area contributed by atoms with Gasteiger partial charge in [-0.3, -0.25) is 15.2 Å². The van der Waals surface area contributed by atoms with Gasteiger partial charge in [0.15, 0.2) is 11.6 Å². The van der Waals surface area contributed by atoms with Crippen molar-refractivity contribution in [1.82, 2.24) is 15.0 Å². The van der Waals surface area contributed by atoms with Gasteiger partial charge in [0.05, 0.1) is 17.6 Å². The summed E-state index contributed by atoms with van der Waals surface area (Å²) in [7, 11) is 4.03. The van der Waals surface area contributed by atoms with Crippen molar-refractivity contribution in [3.8, 4) is 11.3 Å². The van der Waals surface area contributed by atoms with Gasteiger partial charge in [-0.25, -0.2) is 14.8 Å². The van der Waals surface area contributed by atoms with Crippen molar-refractivity contribution in [2.24, 2.45) is 0 Å². The molecule has 3 aromatic rings. The Morgan fingerprint density at radius 2 is 2.10 bits per heavy atom. The van der Waals surface area contributed by atoms with Gasteiger partial charge in [0.2, 0.25) is 0 Å². The Morgan fingerprint density at radius 1 is 1.20 bits per heavy atom. The standard InChI is InChI=1S/C22H23N7O/c1-27(2)16-6-3-5-15(13-16)17-8-9-18-21(25-17)29(20-7-4-12-28(18)20)22(30)26-19-14-23-10-11-24-19/h3,5-6,8-11,13-14,20H,4,7,12H2,1-2H3,(H,24,26,30). The molecule has 1 fully saturated rings. The molecule has 0 bridgehead atoms. The van der Waals surface area contributed by atoms with Gasteiger partial charge in [0.1, 0.15) is 6.17 Å². The number of fused-ring (bicyclic) bond motifs is 3. The number of urea groups is 1. The highest BCUT2D eigenvalue weighted by molar-refractivity contribution is 6.05. The summed E-state index contributed by atoms with van der Waals surface area (Å²) in [6.07, 6.45) is 6.62. The van der Waals surface area contributed by atoms with Crippen molar-refractivity contribution < 1.29 is 4.79 Å². The summed E-state index contributed by atoms with van der Waals surface area (Å²) >= 11 is 0. The van der Waals surface area contributed by atoms with Gasteiger partial charge in [0.25, 0.3) is 0 Å². The number of carbonyl (C=O) groups is 1. The summed E-state index contributed by atoms with van der Waals surface area (Å²) in [6, 6.07) is 12.1. The van der Waals surface area contributed by atoms with Crippen LogP contribution in [0, 0.1) is 0 Å². The van der Waals surface area contributed by atoms with E-state index in [0.29, 0.717) is 11.6 Å². The number of nitrogens with one attached hydrogen (secondary N) is 1. The molecule has 0 aliphatic carbocycles. The second-order valence-electron chi connectivity index (χ2n) is 7.69. The highest BCUT2D eigenvalue weighted by Gasteiger charge is 2.43. The lowest BCUT2D eigenvalue weighted by atomic mass is 10.1. The summed E-state index contributed by atoms with van der Waals surface area (Å²) in [4.78, 5) is 32.4. The summed E-state index contributed by atoms with van der Waals surface area (Å²) in [5.74, 6) is 1.11. The van der Waals surface area contributed by atoms with Crippen LogP contribution in [-0.4, -0.2) is 47.8 Å². The molecular weight excluding hydrogens is 378 g/mol. The lowest BCUT2D eigenvalue weighted by molar-refractivity contribution is 0.255. The van der Waals surface area contributed by atoms with E-state index in [-0.39, 0.29) is 12.2 Å². The zero-order chi connectivity index (χ0) is 20.7. The zero-order valence-corrected chi connectivity index (χ0v) is 17.0. The van der Waals surface area contributed by atoms with Crippen molar-refractivity contribution >= 4 is 29.0 Å². The van der Waals surface area contributed by atoms with Gasteiger partial charge in [-0.15, -0.1) is 0 Å². The predicted octanol–water partition coefficient (Wildman–Crippen LogP) is 3.58. The molecule has 2 aliphatic rings. The summed E-state index contributed by atoms with van der Waals surface area (Å²) in [5, 5.41) is 2.86. The van der Waals surface area contributed by atoms with Gasteiger partial charge in [-0.1, -0.05) is 12.1 Å². The minimum Gasteiger partial charge on any atom is -0.378 e. The molecule has 1 atom stereocenters. The topological polar surface area (TPSA) is 77.5 Å². The number of aromatic nitrogens is 3. The molecule has 30 heavy (non-hydrogen) atoms. The van der Waals surface area contributed by atoms with Crippen LogP contribution in [0.1, 0.15) is 12.8 Å². The largest absolute Gasteiger partial charge is 0.378 e. The number of anilines is 4. The molecule has 1 aromatic carbocycles. The first-order valence-corrected chi connectivity index (χ1v) is 10.0. The second-order valence-corrected chi connectivity index (χ2v) is 7.69. The van der Waals surface area contributed by atoms with Crippen molar-refractivity contribution in [1.29, 1.82) is 0 Å². The van der Waals surface area contributed by atoms with Crippen molar-refractivity contribution in [2.45, 2.75) is 19.0 Å². The number of hydrogen-bond acceptors (Lipinski definition) is 6. The molecular formula is C22H23N7O. The Kier molecular flexibility index (Phi) is 4.46. The van der Waals surface area contributed by atoms with Gasteiger partial charge in [0, 0.05) is 44.3 Å². The third kappa shape index (κ3) is 3.10. The normalized spacial score (nSPS) is 16.9. The van der Waals surface area contributed by atoms with E-state index in [1.807, 2.05) is 32.3 Å². The SMILES string of the molecule is CN(C)c1cccc(-c2ccc3c(n2)N(C(=O)Nc2cnccn2)C2CCCN32)c1. The van der Waals surface area contributed by atoms with E-state index in [2.05, 4.69) is 43.3 Å². The Labute approximate surface area is 175 Å². The Balaban J connectivity index is 1.52. The van der Waals surface area contributed by atoms with Crippen LogP contribution in [0.5, 0.6) is 0 Å². The number of nitrogens with zero attached hydrogens (tertiary/aromatic N) is 6. The molecule has 0 spiro atoms. The van der Waals surface area contributed by atoms with Crippen molar-refractivity contribution in [3.05, 3.63) is 55.0 Å². The highest BCUT2D eigenvalue weighted by atomic mass is 16.2. The fourth-order valence-corrected chi connectivity index (χ4v) is 4.15. The first-order valence-electron chi connectivity index (χ1n) is 10.0. The Hall–Kier alpha value is -3.68. The van der Waals surface area contributed by atoms with Gasteiger partial charge in [-0.2, -0.15) is 0 Å². The molecule has 1 N–H and O–H groups in total. The van der Waals surface area contributed by atoms with Crippen LogP contribution in [0.3, 0.4) is 0 Å². The van der Waals surface area contributed by atoms with Gasteiger partial charge in [-0.05, 0) is 37.1 Å². The minimum atomic E-state index is -0.238. The Morgan fingerprint density at radius 3 is 2.90 bits per heavy atom. The van der Waals surface area contributed by atoms with E-state index >= 15 is 0 Å². The second kappa shape index (κ2) is 7.29. The summed E-state index contributed by atoms with van der Waals surface area (Å²) < 4.78 is 0. The monoisotopic (exact) mass is 401 g/mol. The highest BCUT2D eigenvalue weighted by Crippen LogP contribution is 2.44. The van der Waals surface area contributed by atoms with E-state index in [9.17, 15) is 4.79 Å². The third-order valence-electron chi connectivity index (χ3n) is 5.59. The van der Waals surface area contributed by atoms with Crippen LogP contribution in [0.15, 0.2) is 55.0 Å². The number of pyridine rings is 1. The first kappa shape index (κ1) is 18.4. The fraction of sp³-hybridized carbons (Fsp3) is 0.273. The molecule has 0 saturated carbocycles. The van der Waals surface area contributed by atoms with E-state index in [1.165, 1.54) is 6.20 Å². The third-order valence-corrected chi connectivity index (χ3v) is 5.59. The zero-order valence-electron chi connectivity index (χ0n) is 17.0. The lowest BCUT2D eigenvalue weighted by Crippen LogP contribution is -2.45. The molecule has 4 heterocycles. The average Bonchev–Trinajstić information content (AvgIpc) is 3.34. The van der Waals surface area contributed by atoms with Crippen LogP contribution in [0.2, 0.25) is 0 Å². The molecule has 2 amide bonds. The molecule has 152 valence electrons. The van der Waals surface area contributed by atoms with Crippen LogP contribution >= 0.6 is 0 Å². The number of hydrogen-bond donors (Lipinski definition) is 1. The molecule has 0 radical (unpaired) electrons. The van der Waals surface area contributed by atoms with Crippen LogP contribution in [0.4, 0.5) is 27.8 Å². The van der Waals surface area contributed by atoms with Gasteiger partial charge < -0.3 is 9.80 Å². The quantitative estimate of drug-likeness (QED) is 0.723. The number of carbonyl (C=O) groups excluding carboxylic acids is 1. The fourth-order valence-electron chi connectivity index (χ4n) is 4.15. The maximum absolute atomic E-state index is 13.2. The molecule has 2 aliphatic heterocycles. The lowest BCUT2D eigenvalue weighted by Gasteiger charge is -2.25. The van der Waals surface area contributed by atoms with E-state index in [0.717, 1.165) is 42.0 Å². The smallest absolute Gasteiger partial charge is 0.330 e. The summed E-state index contributed by atoms with van der Waals surface area (Å²) in [5.41, 5.74) is 3.97. The van der Waals surface area contributed by atoms with Crippen LogP contribution in [0.25, 0.3) is 11.3 Å². The molecule has 1 unspecified atom stereocenters. The molecule has 2 aromatic heterocycles. The van der Waals surface area contributed by atoms with Gasteiger partial charge >= 0.3 is 6.03 Å². The number of amides is 2. The van der Waals surface area contributed by atoms with Crippen molar-refractivity contribution in [3.63, 3.8) is 0 Å². The van der Waals surface area contributed by atoms with Crippen molar-refractivity contribution in [2.75, 3.05) is 40.7 Å². The van der Waals surface area contributed by atoms with E-state index in [1.54, 1.807) is 17.3 Å². The van der Waals surface area contributed by atoms with E-state index < -0.39 is 0 Å². The van der Waals surface area contributed by atoms with E-state index in [4.69, 9.17) is 4.98 Å². The molecule has 8 nitrogen and oxygen atoms in total. The number of benzene rings is 1.